The molecule has 1 heterocycles. The van der Waals surface area contributed by atoms with Crippen molar-refractivity contribution in [2.75, 3.05) is 6.26 Å². The summed E-state index contributed by atoms with van der Waals surface area (Å²) < 4.78 is 5.55. The Kier molecular flexibility index (Phi) is 6.09. The van der Waals surface area contributed by atoms with Crippen LogP contribution in [0.2, 0.25) is 5.02 Å². The van der Waals surface area contributed by atoms with Crippen molar-refractivity contribution in [1.29, 1.82) is 0 Å². The van der Waals surface area contributed by atoms with Gasteiger partial charge in [-0.15, -0.1) is 11.8 Å². The van der Waals surface area contributed by atoms with E-state index in [-0.39, 0.29) is 11.9 Å². The van der Waals surface area contributed by atoms with Crippen molar-refractivity contribution in [2.24, 2.45) is 0 Å². The standard InChI is InChI=1S/C19H16ClN3O2S/c1-26-16-7-6-14(17(20)11-16)12-23-18(24)13-4-2-5-15(10-13)25-19-21-8-3-9-22-19/h2-11H,12H2,1H3,(H,23,24). The van der Waals surface area contributed by atoms with Gasteiger partial charge in [0.1, 0.15) is 5.75 Å². The quantitative estimate of drug-likeness (QED) is 0.629. The lowest BCUT2D eigenvalue weighted by Gasteiger charge is -2.09. The molecule has 0 bridgehead atoms. The molecular weight excluding hydrogens is 370 g/mol. The van der Waals surface area contributed by atoms with Gasteiger partial charge in [-0.3, -0.25) is 4.79 Å². The largest absolute Gasteiger partial charge is 0.424 e. The van der Waals surface area contributed by atoms with Crippen LogP contribution in [0.4, 0.5) is 0 Å². The number of ether oxygens (including phenoxy) is 1. The van der Waals surface area contributed by atoms with E-state index in [9.17, 15) is 4.79 Å². The third-order valence-corrected chi connectivity index (χ3v) is 4.62. The third kappa shape index (κ3) is 4.74. The molecule has 2 aromatic carbocycles. The van der Waals surface area contributed by atoms with Gasteiger partial charge in [0.2, 0.25) is 0 Å². The highest BCUT2D eigenvalue weighted by atomic mass is 35.5. The fourth-order valence-electron chi connectivity index (χ4n) is 2.22. The average Bonchev–Trinajstić information content (AvgIpc) is 2.67. The molecule has 0 saturated carbocycles. The summed E-state index contributed by atoms with van der Waals surface area (Å²) in [5, 5.41) is 3.50. The van der Waals surface area contributed by atoms with Crippen LogP contribution < -0.4 is 10.1 Å². The first-order valence-electron chi connectivity index (χ1n) is 7.81. The number of hydrogen-bond acceptors (Lipinski definition) is 5. The van der Waals surface area contributed by atoms with Gasteiger partial charge < -0.3 is 10.1 Å². The molecule has 0 radical (unpaired) electrons. The lowest BCUT2D eigenvalue weighted by molar-refractivity contribution is 0.0950. The van der Waals surface area contributed by atoms with Gasteiger partial charge >= 0.3 is 6.01 Å². The van der Waals surface area contributed by atoms with Gasteiger partial charge in [0.05, 0.1) is 0 Å². The molecule has 1 aromatic heterocycles. The van der Waals surface area contributed by atoms with Crippen molar-refractivity contribution >= 4 is 29.3 Å². The Bertz CT molecular complexity index is 906. The zero-order valence-corrected chi connectivity index (χ0v) is 15.6. The molecule has 132 valence electrons. The van der Waals surface area contributed by atoms with Gasteiger partial charge in [0.15, 0.2) is 0 Å². The summed E-state index contributed by atoms with van der Waals surface area (Å²) in [6, 6.07) is 14.6. The number of carbonyl (C=O) groups excluding carboxylic acids is 1. The second-order valence-electron chi connectivity index (χ2n) is 5.30. The lowest BCUT2D eigenvalue weighted by atomic mass is 10.2. The molecule has 3 rings (SSSR count). The molecule has 0 aliphatic carbocycles. The Balaban J connectivity index is 1.65. The minimum Gasteiger partial charge on any atom is -0.424 e. The number of thioether (sulfide) groups is 1. The van der Waals surface area contributed by atoms with Crippen molar-refractivity contribution in [3.05, 3.63) is 77.1 Å². The van der Waals surface area contributed by atoms with Crippen LogP contribution in [0.5, 0.6) is 11.8 Å². The molecule has 0 fully saturated rings. The molecule has 0 atom stereocenters. The molecule has 1 amide bonds. The van der Waals surface area contributed by atoms with Crippen molar-refractivity contribution in [3.8, 4) is 11.8 Å². The van der Waals surface area contributed by atoms with Crippen LogP contribution in [-0.2, 0) is 6.54 Å². The first-order valence-corrected chi connectivity index (χ1v) is 9.41. The first kappa shape index (κ1) is 18.2. The molecule has 0 saturated heterocycles. The number of carbonyl (C=O) groups is 1. The highest BCUT2D eigenvalue weighted by Gasteiger charge is 2.09. The van der Waals surface area contributed by atoms with E-state index in [0.29, 0.717) is 22.9 Å². The predicted octanol–water partition coefficient (Wildman–Crippen LogP) is 4.57. The third-order valence-electron chi connectivity index (χ3n) is 3.55. The molecule has 26 heavy (non-hydrogen) atoms. The minimum atomic E-state index is -0.213. The normalized spacial score (nSPS) is 10.4. The average molecular weight is 386 g/mol. The van der Waals surface area contributed by atoms with Gasteiger partial charge in [0.25, 0.3) is 5.91 Å². The Morgan fingerprint density at radius 3 is 2.69 bits per heavy atom. The number of hydrogen-bond donors (Lipinski definition) is 1. The molecule has 5 nitrogen and oxygen atoms in total. The summed E-state index contributed by atoms with van der Waals surface area (Å²) in [5.41, 5.74) is 1.35. The number of nitrogens with one attached hydrogen (secondary N) is 1. The summed E-state index contributed by atoms with van der Waals surface area (Å²) >= 11 is 7.87. The van der Waals surface area contributed by atoms with Crippen LogP contribution in [-0.4, -0.2) is 22.1 Å². The zero-order chi connectivity index (χ0) is 18.4. The number of rotatable bonds is 6. The maximum Gasteiger partial charge on any atom is 0.321 e. The topological polar surface area (TPSA) is 64.1 Å². The molecule has 3 aromatic rings. The minimum absolute atomic E-state index is 0.213. The van der Waals surface area contributed by atoms with Crippen molar-refractivity contribution < 1.29 is 9.53 Å². The number of aromatic nitrogens is 2. The van der Waals surface area contributed by atoms with Crippen LogP contribution in [0, 0.1) is 0 Å². The molecule has 7 heteroatoms. The Morgan fingerprint density at radius 1 is 1.15 bits per heavy atom. The van der Waals surface area contributed by atoms with E-state index in [4.69, 9.17) is 16.3 Å². The van der Waals surface area contributed by atoms with E-state index in [0.717, 1.165) is 10.5 Å². The van der Waals surface area contributed by atoms with Crippen LogP contribution in [0.15, 0.2) is 65.8 Å². The molecule has 0 spiro atoms. The summed E-state index contributed by atoms with van der Waals surface area (Å²) in [4.78, 5) is 21.5. The Labute approximate surface area is 160 Å². The van der Waals surface area contributed by atoms with Crippen molar-refractivity contribution in [1.82, 2.24) is 15.3 Å². The molecule has 1 N–H and O–H groups in total. The van der Waals surface area contributed by atoms with E-state index in [1.807, 2.05) is 24.5 Å². The Morgan fingerprint density at radius 2 is 1.96 bits per heavy atom. The summed E-state index contributed by atoms with van der Waals surface area (Å²) in [5.74, 6) is 0.278. The lowest BCUT2D eigenvalue weighted by Crippen LogP contribution is -2.22. The van der Waals surface area contributed by atoms with E-state index >= 15 is 0 Å². The maximum absolute atomic E-state index is 12.4. The van der Waals surface area contributed by atoms with E-state index in [1.54, 1.807) is 54.5 Å². The van der Waals surface area contributed by atoms with E-state index < -0.39 is 0 Å². The summed E-state index contributed by atoms with van der Waals surface area (Å²) in [6.07, 6.45) is 5.17. The second-order valence-corrected chi connectivity index (χ2v) is 6.59. The summed E-state index contributed by atoms with van der Waals surface area (Å²) in [7, 11) is 0. The van der Waals surface area contributed by atoms with Gasteiger partial charge in [-0.05, 0) is 48.2 Å². The highest BCUT2D eigenvalue weighted by Crippen LogP contribution is 2.23. The monoisotopic (exact) mass is 385 g/mol. The first-order chi connectivity index (χ1) is 12.7. The van der Waals surface area contributed by atoms with Crippen LogP contribution in [0.25, 0.3) is 0 Å². The zero-order valence-electron chi connectivity index (χ0n) is 14.0. The SMILES string of the molecule is CSc1ccc(CNC(=O)c2cccc(Oc3ncccn3)c2)c(Cl)c1. The number of nitrogens with zero attached hydrogens (tertiary/aromatic N) is 2. The highest BCUT2D eigenvalue weighted by molar-refractivity contribution is 7.98. The van der Waals surface area contributed by atoms with Crippen molar-refractivity contribution in [2.45, 2.75) is 11.4 Å². The smallest absolute Gasteiger partial charge is 0.321 e. The molecule has 0 unspecified atom stereocenters. The van der Waals surface area contributed by atoms with Crippen molar-refractivity contribution in [3.63, 3.8) is 0 Å². The Hall–Kier alpha value is -2.57. The van der Waals surface area contributed by atoms with Gasteiger partial charge in [0, 0.05) is 34.4 Å². The summed E-state index contributed by atoms with van der Waals surface area (Å²) in [6.45, 7) is 0.346. The predicted molar refractivity (Wildman–Crippen MR) is 103 cm³/mol. The van der Waals surface area contributed by atoms with Crippen LogP contribution >= 0.6 is 23.4 Å². The van der Waals surface area contributed by atoms with E-state index in [1.165, 1.54) is 0 Å². The number of benzene rings is 2. The maximum atomic E-state index is 12.4. The van der Waals surface area contributed by atoms with Gasteiger partial charge in [-0.2, -0.15) is 0 Å². The van der Waals surface area contributed by atoms with E-state index in [2.05, 4.69) is 15.3 Å². The molecule has 0 aliphatic heterocycles. The van der Waals surface area contributed by atoms with Gasteiger partial charge in [-0.25, -0.2) is 9.97 Å². The fourth-order valence-corrected chi connectivity index (χ4v) is 2.97. The van der Waals surface area contributed by atoms with Crippen LogP contribution in [0.3, 0.4) is 0 Å². The van der Waals surface area contributed by atoms with Gasteiger partial charge in [-0.1, -0.05) is 23.7 Å². The molecule has 0 aliphatic rings. The molecular formula is C19H16ClN3O2S. The fraction of sp³-hybridized carbons (Fsp3) is 0.105. The second kappa shape index (κ2) is 8.69. The van der Waals surface area contributed by atoms with Crippen LogP contribution in [0.1, 0.15) is 15.9 Å². The number of amides is 1. The number of halogens is 1.